The van der Waals surface area contributed by atoms with Crippen LogP contribution in [0, 0.1) is 29.6 Å². The highest BCUT2D eigenvalue weighted by molar-refractivity contribution is 5.35. The van der Waals surface area contributed by atoms with Gasteiger partial charge in [-0.1, -0.05) is 19.8 Å². The molecule has 3 atom stereocenters. The third-order valence-electron chi connectivity index (χ3n) is 8.73. The van der Waals surface area contributed by atoms with E-state index in [2.05, 4.69) is 34.4 Å². The smallest absolute Gasteiger partial charge is 0.349 e. The van der Waals surface area contributed by atoms with Gasteiger partial charge in [0.2, 0.25) is 5.95 Å². The molecule has 5 aliphatic rings. The quantitative estimate of drug-likeness (QED) is 0.593. The molecular weight excluding hydrogens is 401 g/mol. The number of hydrogen-bond acceptors (Lipinski definition) is 4. The Bertz CT molecular complexity index is 773. The normalized spacial score (nSPS) is 37.9. The zero-order valence-electron chi connectivity index (χ0n) is 18.6. The van der Waals surface area contributed by atoms with Crippen molar-refractivity contribution in [3.8, 4) is 0 Å². The van der Waals surface area contributed by atoms with Gasteiger partial charge in [0.25, 0.3) is 0 Å². The van der Waals surface area contributed by atoms with Crippen LogP contribution >= 0.6 is 0 Å². The fourth-order valence-electron chi connectivity index (χ4n) is 7.68. The van der Waals surface area contributed by atoms with Crippen molar-refractivity contribution in [2.75, 3.05) is 5.32 Å². The van der Waals surface area contributed by atoms with E-state index >= 15 is 0 Å². The highest BCUT2D eigenvalue weighted by Gasteiger charge is 2.51. The second kappa shape index (κ2) is 7.89. The molecule has 6 rings (SSSR count). The average molecular weight is 437 g/mol. The summed E-state index contributed by atoms with van der Waals surface area (Å²) in [6.45, 7) is 4.48. The maximum absolute atomic E-state index is 13.9. The number of rotatable bonds is 6. The molecule has 31 heavy (non-hydrogen) atoms. The predicted molar refractivity (Wildman–Crippen MR) is 114 cm³/mol. The van der Waals surface area contributed by atoms with Gasteiger partial charge >= 0.3 is 6.18 Å². The summed E-state index contributed by atoms with van der Waals surface area (Å²) in [7, 11) is 0. The van der Waals surface area contributed by atoms with Gasteiger partial charge in [-0.25, -0.2) is 9.97 Å². The van der Waals surface area contributed by atoms with E-state index in [1.807, 2.05) is 0 Å². The van der Waals surface area contributed by atoms with Crippen LogP contribution in [-0.4, -0.2) is 21.5 Å². The SMILES string of the molecule is CC1CCCC1[C@@H](C)NCc1cnc(NC23CC4CC(CC(C4)C2)C3)nc1C(F)(F)F. The van der Waals surface area contributed by atoms with Gasteiger partial charge in [0, 0.05) is 29.9 Å². The first-order valence-corrected chi connectivity index (χ1v) is 12.2. The maximum Gasteiger partial charge on any atom is 0.433 e. The molecule has 4 nitrogen and oxygen atoms in total. The van der Waals surface area contributed by atoms with Crippen molar-refractivity contribution in [2.24, 2.45) is 29.6 Å². The first-order chi connectivity index (χ1) is 14.7. The molecule has 2 N–H and O–H groups in total. The van der Waals surface area contributed by atoms with Gasteiger partial charge in [0.15, 0.2) is 5.69 Å². The van der Waals surface area contributed by atoms with E-state index in [1.165, 1.54) is 38.3 Å². The minimum absolute atomic E-state index is 0.107. The van der Waals surface area contributed by atoms with Gasteiger partial charge < -0.3 is 10.6 Å². The minimum atomic E-state index is -4.48. The molecule has 0 aromatic carbocycles. The van der Waals surface area contributed by atoms with E-state index in [0.29, 0.717) is 29.6 Å². The summed E-state index contributed by atoms with van der Waals surface area (Å²) in [5.41, 5.74) is -0.764. The third-order valence-corrected chi connectivity index (χ3v) is 8.73. The van der Waals surface area contributed by atoms with Crippen molar-refractivity contribution in [1.29, 1.82) is 0 Å². The Morgan fingerprint density at radius 1 is 1.10 bits per heavy atom. The summed E-state index contributed by atoms with van der Waals surface area (Å²) >= 11 is 0. The Morgan fingerprint density at radius 2 is 1.74 bits per heavy atom. The molecule has 0 spiro atoms. The lowest BCUT2D eigenvalue weighted by Gasteiger charge is -2.56. The number of nitrogens with zero attached hydrogens (tertiary/aromatic N) is 2. The van der Waals surface area contributed by atoms with Crippen molar-refractivity contribution in [2.45, 2.75) is 95.9 Å². The van der Waals surface area contributed by atoms with Crippen LogP contribution in [0.2, 0.25) is 0 Å². The van der Waals surface area contributed by atoms with Gasteiger partial charge in [-0.05, 0) is 81.5 Å². The Hall–Kier alpha value is -1.37. The van der Waals surface area contributed by atoms with E-state index in [4.69, 9.17) is 0 Å². The van der Waals surface area contributed by atoms with Crippen molar-refractivity contribution in [3.63, 3.8) is 0 Å². The molecule has 0 saturated heterocycles. The fourth-order valence-corrected chi connectivity index (χ4v) is 7.68. The van der Waals surface area contributed by atoms with Gasteiger partial charge in [-0.15, -0.1) is 0 Å². The molecule has 1 heterocycles. The molecule has 0 amide bonds. The number of anilines is 1. The van der Waals surface area contributed by atoms with Gasteiger partial charge in [0.05, 0.1) is 0 Å². The number of halogens is 3. The van der Waals surface area contributed by atoms with Gasteiger partial charge in [0.1, 0.15) is 0 Å². The van der Waals surface area contributed by atoms with E-state index in [0.717, 1.165) is 25.7 Å². The average Bonchev–Trinajstić information content (AvgIpc) is 3.10. The van der Waals surface area contributed by atoms with Crippen LogP contribution in [0.25, 0.3) is 0 Å². The number of aromatic nitrogens is 2. The highest BCUT2D eigenvalue weighted by atomic mass is 19.4. The zero-order chi connectivity index (χ0) is 21.8. The van der Waals surface area contributed by atoms with Crippen molar-refractivity contribution in [1.82, 2.24) is 15.3 Å². The Balaban J connectivity index is 1.31. The van der Waals surface area contributed by atoms with Crippen LogP contribution in [0.1, 0.15) is 82.9 Å². The Labute approximate surface area is 183 Å². The lowest BCUT2D eigenvalue weighted by molar-refractivity contribution is -0.141. The van der Waals surface area contributed by atoms with Gasteiger partial charge in [-0.2, -0.15) is 13.2 Å². The second-order valence-electron chi connectivity index (χ2n) is 11.1. The van der Waals surface area contributed by atoms with Crippen LogP contribution < -0.4 is 10.6 Å². The van der Waals surface area contributed by atoms with E-state index in [9.17, 15) is 13.2 Å². The molecule has 2 unspecified atom stereocenters. The Kier molecular flexibility index (Phi) is 5.47. The maximum atomic E-state index is 13.9. The lowest BCUT2D eigenvalue weighted by atomic mass is 9.53. The standard InChI is InChI=1S/C24H35F3N4/c1-14-4-3-5-20(14)15(2)28-12-19-13-29-22(30-21(19)24(25,26)27)31-23-9-16-6-17(10-23)8-18(7-16)11-23/h13-18,20,28H,3-12H2,1-2H3,(H,29,30,31)/t14?,15-,16?,17?,18?,20?,23?/m1/s1. The van der Waals surface area contributed by atoms with Crippen molar-refractivity contribution in [3.05, 3.63) is 17.5 Å². The summed E-state index contributed by atoms with van der Waals surface area (Å²) in [6.07, 6.45) is 7.47. The first kappa shape index (κ1) is 21.5. The minimum Gasteiger partial charge on any atom is -0.349 e. The Morgan fingerprint density at radius 3 is 2.29 bits per heavy atom. The third kappa shape index (κ3) is 4.31. The highest BCUT2D eigenvalue weighted by Crippen LogP contribution is 2.56. The lowest BCUT2D eigenvalue weighted by Crippen LogP contribution is -2.55. The monoisotopic (exact) mass is 436 g/mol. The summed E-state index contributed by atoms with van der Waals surface area (Å²) in [4.78, 5) is 8.38. The molecule has 5 aliphatic carbocycles. The molecule has 5 saturated carbocycles. The number of hydrogen-bond donors (Lipinski definition) is 2. The number of nitrogens with one attached hydrogen (secondary N) is 2. The fraction of sp³-hybridized carbons (Fsp3) is 0.833. The summed E-state index contributed by atoms with van der Waals surface area (Å²) in [5.74, 6) is 3.42. The molecule has 0 radical (unpaired) electrons. The molecular formula is C24H35F3N4. The summed E-state index contributed by atoms with van der Waals surface area (Å²) in [5, 5.41) is 6.73. The zero-order valence-corrected chi connectivity index (χ0v) is 18.6. The molecule has 1 aromatic rings. The van der Waals surface area contributed by atoms with Crippen LogP contribution in [0.3, 0.4) is 0 Å². The topological polar surface area (TPSA) is 49.8 Å². The van der Waals surface area contributed by atoms with E-state index < -0.39 is 11.9 Å². The molecule has 4 bridgehead atoms. The van der Waals surface area contributed by atoms with Crippen LogP contribution in [0.15, 0.2) is 6.20 Å². The van der Waals surface area contributed by atoms with E-state index in [-0.39, 0.29) is 29.6 Å². The van der Waals surface area contributed by atoms with Crippen LogP contribution in [0.5, 0.6) is 0 Å². The van der Waals surface area contributed by atoms with Crippen LogP contribution in [-0.2, 0) is 12.7 Å². The van der Waals surface area contributed by atoms with Crippen LogP contribution in [0.4, 0.5) is 19.1 Å². The molecule has 7 heteroatoms. The van der Waals surface area contributed by atoms with Crippen molar-refractivity contribution < 1.29 is 13.2 Å². The largest absolute Gasteiger partial charge is 0.433 e. The molecule has 1 aromatic heterocycles. The summed E-state index contributed by atoms with van der Waals surface area (Å²) < 4.78 is 41.6. The molecule has 5 fully saturated rings. The van der Waals surface area contributed by atoms with Gasteiger partial charge in [-0.3, -0.25) is 0 Å². The first-order valence-electron chi connectivity index (χ1n) is 12.2. The summed E-state index contributed by atoms with van der Waals surface area (Å²) in [6, 6.07) is 0.184. The van der Waals surface area contributed by atoms with E-state index in [1.54, 1.807) is 0 Å². The molecule has 0 aliphatic heterocycles. The number of alkyl halides is 3. The molecule has 172 valence electrons. The van der Waals surface area contributed by atoms with Crippen molar-refractivity contribution >= 4 is 5.95 Å². The predicted octanol–water partition coefficient (Wildman–Crippen LogP) is 5.79. The second-order valence-corrected chi connectivity index (χ2v) is 11.1.